The largest absolute Gasteiger partial charge is 0.475 e. The highest BCUT2D eigenvalue weighted by molar-refractivity contribution is 9.10. The molecule has 0 aliphatic carbocycles. The lowest BCUT2D eigenvalue weighted by molar-refractivity contribution is 0.348. The Morgan fingerprint density at radius 2 is 2.31 bits per heavy atom. The van der Waals surface area contributed by atoms with Crippen LogP contribution in [0.1, 0.15) is 5.56 Å². The molecule has 0 saturated carbocycles. The van der Waals surface area contributed by atoms with Crippen LogP contribution < -0.4 is 0 Å². The average Bonchev–Trinajstić information content (AvgIpc) is 2.56. The standard InChI is InChI=1S/C9H7BrClNO/c10-6-1-2-7(8(11)5-6)9-12-3-4-13-9/h1-2,5H,3-4H2. The summed E-state index contributed by atoms with van der Waals surface area (Å²) in [6, 6.07) is 5.66. The van der Waals surface area contributed by atoms with Gasteiger partial charge in [0, 0.05) is 4.47 Å². The molecule has 0 saturated heterocycles. The van der Waals surface area contributed by atoms with E-state index in [9.17, 15) is 0 Å². The molecule has 2 nitrogen and oxygen atoms in total. The summed E-state index contributed by atoms with van der Waals surface area (Å²) in [5, 5.41) is 0.662. The maximum absolute atomic E-state index is 6.02. The minimum absolute atomic E-state index is 0.650. The Bertz CT molecular complexity index is 365. The molecule has 1 aromatic carbocycles. The highest BCUT2D eigenvalue weighted by Gasteiger charge is 2.13. The fourth-order valence-corrected chi connectivity index (χ4v) is 1.92. The maximum atomic E-state index is 6.02. The van der Waals surface area contributed by atoms with Crippen LogP contribution in [-0.2, 0) is 4.74 Å². The monoisotopic (exact) mass is 259 g/mol. The number of ether oxygens (including phenoxy) is 1. The van der Waals surface area contributed by atoms with Gasteiger partial charge in [-0.1, -0.05) is 27.5 Å². The third-order valence-corrected chi connectivity index (χ3v) is 2.55. The van der Waals surface area contributed by atoms with Crippen molar-refractivity contribution in [1.29, 1.82) is 0 Å². The Labute approximate surface area is 89.7 Å². The van der Waals surface area contributed by atoms with Crippen LogP contribution in [0, 0.1) is 0 Å². The summed E-state index contributed by atoms with van der Waals surface area (Å²) in [5.41, 5.74) is 0.863. The van der Waals surface area contributed by atoms with Crippen molar-refractivity contribution in [1.82, 2.24) is 0 Å². The molecule has 13 heavy (non-hydrogen) atoms. The summed E-state index contributed by atoms with van der Waals surface area (Å²) in [5.74, 6) is 0.650. The minimum Gasteiger partial charge on any atom is -0.475 e. The molecular weight excluding hydrogens is 253 g/mol. The number of rotatable bonds is 1. The molecule has 1 aliphatic rings. The lowest BCUT2D eigenvalue weighted by atomic mass is 10.2. The van der Waals surface area contributed by atoms with Gasteiger partial charge < -0.3 is 4.74 Å². The van der Waals surface area contributed by atoms with Gasteiger partial charge in [0.05, 0.1) is 17.1 Å². The fraction of sp³-hybridized carbons (Fsp3) is 0.222. The molecule has 0 N–H and O–H groups in total. The SMILES string of the molecule is Clc1cc(Br)ccc1C1=NCCO1. The average molecular weight is 261 g/mol. The number of halogens is 2. The number of hydrogen-bond donors (Lipinski definition) is 0. The van der Waals surface area contributed by atoms with Crippen LogP contribution in [0.5, 0.6) is 0 Å². The maximum Gasteiger partial charge on any atom is 0.217 e. The van der Waals surface area contributed by atoms with E-state index in [1.165, 1.54) is 0 Å². The van der Waals surface area contributed by atoms with Gasteiger partial charge in [0.25, 0.3) is 0 Å². The summed E-state index contributed by atoms with van der Waals surface area (Å²) in [7, 11) is 0. The topological polar surface area (TPSA) is 21.6 Å². The molecule has 0 bridgehead atoms. The van der Waals surface area contributed by atoms with Gasteiger partial charge in [-0.3, -0.25) is 0 Å². The zero-order chi connectivity index (χ0) is 9.26. The fourth-order valence-electron chi connectivity index (χ4n) is 1.16. The molecule has 0 amide bonds. The van der Waals surface area contributed by atoms with Crippen molar-refractivity contribution in [3.63, 3.8) is 0 Å². The van der Waals surface area contributed by atoms with Crippen LogP contribution in [0.4, 0.5) is 0 Å². The van der Waals surface area contributed by atoms with E-state index in [1.807, 2.05) is 18.2 Å². The van der Waals surface area contributed by atoms with Gasteiger partial charge in [-0.25, -0.2) is 4.99 Å². The second-order valence-corrected chi connectivity index (χ2v) is 3.98. The molecule has 0 radical (unpaired) electrons. The van der Waals surface area contributed by atoms with Crippen LogP contribution in [0.15, 0.2) is 27.7 Å². The molecule has 68 valence electrons. The minimum atomic E-state index is 0.650. The van der Waals surface area contributed by atoms with Crippen LogP contribution in [-0.4, -0.2) is 19.0 Å². The first-order valence-electron chi connectivity index (χ1n) is 3.90. The number of aliphatic imine (C=N–C) groups is 1. The molecule has 1 aliphatic heterocycles. The van der Waals surface area contributed by atoms with Crippen molar-refractivity contribution in [3.8, 4) is 0 Å². The molecule has 0 fully saturated rings. The second kappa shape index (κ2) is 3.68. The van der Waals surface area contributed by atoms with Crippen molar-refractivity contribution in [3.05, 3.63) is 33.3 Å². The van der Waals surface area contributed by atoms with E-state index in [0.717, 1.165) is 16.6 Å². The van der Waals surface area contributed by atoms with Crippen molar-refractivity contribution < 1.29 is 4.74 Å². The number of benzene rings is 1. The lowest BCUT2D eigenvalue weighted by Gasteiger charge is -2.03. The van der Waals surface area contributed by atoms with Crippen LogP contribution in [0.25, 0.3) is 0 Å². The van der Waals surface area contributed by atoms with E-state index in [1.54, 1.807) is 0 Å². The molecule has 0 atom stereocenters. The first-order valence-corrected chi connectivity index (χ1v) is 5.07. The molecule has 0 unspecified atom stereocenters. The van der Waals surface area contributed by atoms with Gasteiger partial charge in [0.1, 0.15) is 6.61 Å². The molecular formula is C9H7BrClNO. The predicted octanol–water partition coefficient (Wildman–Crippen LogP) is 2.88. The van der Waals surface area contributed by atoms with Crippen LogP contribution >= 0.6 is 27.5 Å². The summed E-state index contributed by atoms with van der Waals surface area (Å²) in [4.78, 5) is 4.19. The molecule has 2 rings (SSSR count). The Kier molecular flexibility index (Phi) is 2.56. The normalized spacial score (nSPS) is 15.4. The molecule has 1 aromatic rings. The van der Waals surface area contributed by atoms with Gasteiger partial charge in [0.2, 0.25) is 5.90 Å². The molecule has 1 heterocycles. The summed E-state index contributed by atoms with van der Waals surface area (Å²) >= 11 is 9.36. The van der Waals surface area contributed by atoms with Gasteiger partial charge in [0.15, 0.2) is 0 Å². The first-order chi connectivity index (χ1) is 6.27. The Morgan fingerprint density at radius 3 is 2.92 bits per heavy atom. The zero-order valence-electron chi connectivity index (χ0n) is 6.76. The van der Waals surface area contributed by atoms with Crippen molar-refractivity contribution in [2.75, 3.05) is 13.2 Å². The molecule has 4 heteroatoms. The van der Waals surface area contributed by atoms with Crippen LogP contribution in [0.3, 0.4) is 0 Å². The van der Waals surface area contributed by atoms with E-state index >= 15 is 0 Å². The third kappa shape index (κ3) is 1.86. The summed E-state index contributed by atoms with van der Waals surface area (Å²) in [6.45, 7) is 1.38. The second-order valence-electron chi connectivity index (χ2n) is 2.66. The van der Waals surface area contributed by atoms with Crippen molar-refractivity contribution in [2.24, 2.45) is 4.99 Å². The van der Waals surface area contributed by atoms with Gasteiger partial charge in [-0.15, -0.1) is 0 Å². The van der Waals surface area contributed by atoms with E-state index in [0.29, 0.717) is 17.5 Å². The van der Waals surface area contributed by atoms with Gasteiger partial charge in [-0.05, 0) is 18.2 Å². The quantitative estimate of drug-likeness (QED) is 0.761. The Morgan fingerprint density at radius 1 is 1.46 bits per heavy atom. The summed E-state index contributed by atoms with van der Waals surface area (Å²) < 4.78 is 6.27. The highest BCUT2D eigenvalue weighted by atomic mass is 79.9. The third-order valence-electron chi connectivity index (χ3n) is 1.75. The van der Waals surface area contributed by atoms with Crippen molar-refractivity contribution >= 4 is 33.4 Å². The highest BCUT2D eigenvalue weighted by Crippen LogP contribution is 2.23. The number of nitrogens with zero attached hydrogens (tertiary/aromatic N) is 1. The van der Waals surface area contributed by atoms with Crippen LogP contribution in [0.2, 0.25) is 5.02 Å². The zero-order valence-corrected chi connectivity index (χ0v) is 9.10. The molecule has 0 spiro atoms. The van der Waals surface area contributed by atoms with Gasteiger partial charge >= 0.3 is 0 Å². The first kappa shape index (κ1) is 9.03. The van der Waals surface area contributed by atoms with E-state index < -0.39 is 0 Å². The lowest BCUT2D eigenvalue weighted by Crippen LogP contribution is -2.01. The van der Waals surface area contributed by atoms with Crippen molar-refractivity contribution in [2.45, 2.75) is 0 Å². The van der Waals surface area contributed by atoms with E-state index in [2.05, 4.69) is 20.9 Å². The Balaban J connectivity index is 2.40. The Hall–Kier alpha value is -0.540. The smallest absolute Gasteiger partial charge is 0.217 e. The van der Waals surface area contributed by atoms with E-state index in [4.69, 9.17) is 16.3 Å². The predicted molar refractivity (Wildman–Crippen MR) is 56.5 cm³/mol. The summed E-state index contributed by atoms with van der Waals surface area (Å²) in [6.07, 6.45) is 0. The number of hydrogen-bond acceptors (Lipinski definition) is 2. The molecule has 0 aromatic heterocycles. The van der Waals surface area contributed by atoms with Gasteiger partial charge in [-0.2, -0.15) is 0 Å². The van der Waals surface area contributed by atoms with E-state index in [-0.39, 0.29) is 0 Å².